The van der Waals surface area contributed by atoms with E-state index >= 15 is 0 Å². The van der Waals surface area contributed by atoms with Crippen molar-refractivity contribution in [2.75, 3.05) is 36.4 Å². The summed E-state index contributed by atoms with van der Waals surface area (Å²) in [6.07, 6.45) is 0.681. The van der Waals surface area contributed by atoms with E-state index in [9.17, 15) is 9.18 Å². The van der Waals surface area contributed by atoms with E-state index in [0.717, 1.165) is 22.6 Å². The number of aryl methyl sites for hydroxylation is 1. The summed E-state index contributed by atoms with van der Waals surface area (Å²) in [6, 6.07) is 23.5. The lowest BCUT2D eigenvalue weighted by atomic mass is 10.0. The second-order valence-electron chi connectivity index (χ2n) is 9.02. The molecule has 0 atom stereocenters. The van der Waals surface area contributed by atoms with Gasteiger partial charge >= 0.3 is 6.03 Å². The maximum Gasteiger partial charge on any atom is 0.321 e. The van der Waals surface area contributed by atoms with Crippen LogP contribution in [0.15, 0.2) is 78.9 Å². The molecule has 3 aromatic carbocycles. The van der Waals surface area contributed by atoms with Crippen LogP contribution in [-0.2, 0) is 6.42 Å². The first kappa shape index (κ1) is 24.7. The minimum absolute atomic E-state index is 0.161. The molecule has 6 nitrogen and oxygen atoms in total. The Labute approximate surface area is 220 Å². The number of aromatic nitrogens is 2. The van der Waals surface area contributed by atoms with Crippen molar-refractivity contribution in [2.45, 2.75) is 13.3 Å². The Morgan fingerprint density at radius 1 is 0.946 bits per heavy atom. The number of piperazine rings is 1. The van der Waals surface area contributed by atoms with Crippen molar-refractivity contribution in [2.24, 2.45) is 0 Å². The zero-order valence-corrected chi connectivity index (χ0v) is 21.3. The lowest BCUT2D eigenvalue weighted by Gasteiger charge is -2.36. The van der Waals surface area contributed by atoms with Gasteiger partial charge in [-0.3, -0.25) is 0 Å². The number of carbonyl (C=O) groups is 1. The first-order valence-electron chi connectivity index (χ1n) is 12.2. The van der Waals surface area contributed by atoms with Gasteiger partial charge in [0, 0.05) is 60.1 Å². The van der Waals surface area contributed by atoms with E-state index in [1.54, 1.807) is 29.2 Å². The summed E-state index contributed by atoms with van der Waals surface area (Å²) in [5.41, 5.74) is 4.34. The summed E-state index contributed by atoms with van der Waals surface area (Å²) in [5.74, 6) is 0.989. The molecule has 1 saturated heterocycles. The second kappa shape index (κ2) is 11.0. The third-order valence-corrected chi connectivity index (χ3v) is 6.68. The molecule has 2 amide bonds. The Kier molecular flexibility index (Phi) is 7.32. The molecular weight excluding hydrogens is 489 g/mol. The maximum atomic E-state index is 14.0. The topological polar surface area (TPSA) is 61.4 Å². The fourth-order valence-corrected chi connectivity index (χ4v) is 4.69. The second-order valence-corrected chi connectivity index (χ2v) is 9.46. The predicted octanol–water partition coefficient (Wildman–Crippen LogP) is 6.19. The lowest BCUT2D eigenvalue weighted by Crippen LogP contribution is -2.50. The first-order valence-corrected chi connectivity index (χ1v) is 12.6. The van der Waals surface area contributed by atoms with Crippen LogP contribution in [0.4, 0.5) is 20.7 Å². The highest BCUT2D eigenvalue weighted by molar-refractivity contribution is 6.30. The highest BCUT2D eigenvalue weighted by Crippen LogP contribution is 2.29. The van der Waals surface area contributed by atoms with Crippen molar-refractivity contribution in [3.63, 3.8) is 0 Å². The lowest BCUT2D eigenvalue weighted by molar-refractivity contribution is 0.208. The zero-order chi connectivity index (χ0) is 25.8. The number of hydrogen-bond donors (Lipinski definition) is 1. The van der Waals surface area contributed by atoms with Crippen molar-refractivity contribution >= 4 is 29.1 Å². The summed E-state index contributed by atoms with van der Waals surface area (Å²) in [7, 11) is 0. The molecule has 1 fully saturated rings. The summed E-state index contributed by atoms with van der Waals surface area (Å²) in [5, 5.41) is 3.49. The summed E-state index contributed by atoms with van der Waals surface area (Å²) < 4.78 is 14.0. The number of nitrogens with zero attached hydrogens (tertiary/aromatic N) is 4. The molecule has 8 heteroatoms. The van der Waals surface area contributed by atoms with E-state index in [1.807, 2.05) is 37.3 Å². The molecule has 1 aliphatic rings. The average molecular weight is 516 g/mol. The number of rotatable bonds is 5. The molecule has 0 aliphatic carbocycles. The quantitative estimate of drug-likeness (QED) is 0.344. The largest absolute Gasteiger partial charge is 0.353 e. The molecule has 188 valence electrons. The molecule has 2 heterocycles. The third kappa shape index (κ3) is 5.89. The fraction of sp³-hybridized carbons (Fsp3) is 0.207. The maximum absolute atomic E-state index is 14.0. The van der Waals surface area contributed by atoms with Crippen LogP contribution in [0.2, 0.25) is 5.02 Å². The average Bonchev–Trinajstić information content (AvgIpc) is 2.90. The summed E-state index contributed by atoms with van der Waals surface area (Å²) in [6.45, 7) is 4.28. The molecule has 0 unspecified atom stereocenters. The van der Waals surface area contributed by atoms with Crippen molar-refractivity contribution in [3.8, 4) is 11.4 Å². The van der Waals surface area contributed by atoms with Crippen LogP contribution in [0.1, 0.15) is 16.8 Å². The number of hydrogen-bond acceptors (Lipinski definition) is 4. The fourth-order valence-electron chi connectivity index (χ4n) is 4.50. The van der Waals surface area contributed by atoms with E-state index in [-0.39, 0.29) is 11.8 Å². The van der Waals surface area contributed by atoms with E-state index in [1.165, 1.54) is 12.1 Å². The highest BCUT2D eigenvalue weighted by Gasteiger charge is 2.25. The molecule has 1 aliphatic heterocycles. The first-order chi connectivity index (χ1) is 18.0. The van der Waals surface area contributed by atoms with Gasteiger partial charge in [0.1, 0.15) is 11.6 Å². The van der Waals surface area contributed by atoms with E-state index in [0.29, 0.717) is 54.7 Å². The minimum Gasteiger partial charge on any atom is -0.353 e. The Morgan fingerprint density at radius 2 is 1.70 bits per heavy atom. The molecule has 5 rings (SSSR count). The van der Waals surface area contributed by atoms with Crippen LogP contribution in [-0.4, -0.2) is 47.1 Å². The summed E-state index contributed by atoms with van der Waals surface area (Å²) >= 11 is 6.05. The Balaban J connectivity index is 1.40. The van der Waals surface area contributed by atoms with Gasteiger partial charge in [0.25, 0.3) is 0 Å². The van der Waals surface area contributed by atoms with Gasteiger partial charge in [-0.25, -0.2) is 19.2 Å². The van der Waals surface area contributed by atoms with E-state index in [2.05, 4.69) is 22.3 Å². The van der Waals surface area contributed by atoms with Crippen LogP contribution in [0, 0.1) is 12.7 Å². The summed E-state index contributed by atoms with van der Waals surface area (Å²) in [4.78, 5) is 26.5. The van der Waals surface area contributed by atoms with Gasteiger partial charge in [-0.2, -0.15) is 0 Å². The molecule has 0 spiro atoms. The Hall–Kier alpha value is -3.97. The number of halogens is 2. The van der Waals surface area contributed by atoms with Crippen LogP contribution < -0.4 is 10.2 Å². The van der Waals surface area contributed by atoms with Gasteiger partial charge in [-0.1, -0.05) is 60.1 Å². The molecule has 4 aromatic rings. The van der Waals surface area contributed by atoms with Crippen molar-refractivity contribution in [1.29, 1.82) is 0 Å². The SMILES string of the molecule is Cc1nc(-c2cccc(F)c2)nc(N2CCN(C(=O)Nc3cccc(Cl)c3)CC2)c1Cc1ccccc1. The zero-order valence-electron chi connectivity index (χ0n) is 20.5. The van der Waals surface area contributed by atoms with Crippen LogP contribution in [0.25, 0.3) is 11.4 Å². The number of anilines is 2. The van der Waals surface area contributed by atoms with Crippen LogP contribution in [0.3, 0.4) is 0 Å². The van der Waals surface area contributed by atoms with E-state index < -0.39 is 0 Å². The number of nitrogens with one attached hydrogen (secondary N) is 1. The van der Waals surface area contributed by atoms with Gasteiger partial charge in [-0.15, -0.1) is 0 Å². The van der Waals surface area contributed by atoms with E-state index in [4.69, 9.17) is 21.6 Å². The standard InChI is InChI=1S/C29H27ClFN5O/c1-20-26(17-21-7-3-2-4-8-21)28(34-27(32-20)22-9-5-11-24(31)18-22)35-13-15-36(16-14-35)29(37)33-25-12-6-10-23(30)19-25/h2-12,18-19H,13-17H2,1H3,(H,33,37). The number of urea groups is 1. The molecule has 1 N–H and O–H groups in total. The molecule has 0 radical (unpaired) electrons. The molecule has 37 heavy (non-hydrogen) atoms. The van der Waals surface area contributed by atoms with Crippen molar-refractivity contribution < 1.29 is 9.18 Å². The van der Waals surface area contributed by atoms with Gasteiger partial charge in [0.2, 0.25) is 0 Å². The van der Waals surface area contributed by atoms with Gasteiger partial charge in [-0.05, 0) is 42.8 Å². The highest BCUT2D eigenvalue weighted by atomic mass is 35.5. The Bertz CT molecular complexity index is 1410. The van der Waals surface area contributed by atoms with Crippen molar-refractivity contribution in [3.05, 3.63) is 107 Å². The molecule has 0 bridgehead atoms. The van der Waals surface area contributed by atoms with Gasteiger partial charge in [0.15, 0.2) is 5.82 Å². The molecule has 1 aromatic heterocycles. The van der Waals surface area contributed by atoms with Crippen LogP contribution in [0.5, 0.6) is 0 Å². The third-order valence-electron chi connectivity index (χ3n) is 6.44. The van der Waals surface area contributed by atoms with Crippen LogP contribution >= 0.6 is 11.6 Å². The van der Waals surface area contributed by atoms with Gasteiger partial charge < -0.3 is 15.1 Å². The normalized spacial score (nSPS) is 13.5. The van der Waals surface area contributed by atoms with Gasteiger partial charge in [0.05, 0.1) is 0 Å². The number of amides is 2. The number of benzene rings is 3. The van der Waals surface area contributed by atoms with Crippen molar-refractivity contribution in [1.82, 2.24) is 14.9 Å². The monoisotopic (exact) mass is 515 g/mol. The predicted molar refractivity (Wildman–Crippen MR) is 146 cm³/mol. The Morgan fingerprint density at radius 3 is 2.43 bits per heavy atom. The molecular formula is C29H27ClFN5O. The minimum atomic E-state index is -0.326. The number of carbonyl (C=O) groups excluding carboxylic acids is 1. The smallest absolute Gasteiger partial charge is 0.321 e. The molecule has 0 saturated carbocycles.